The van der Waals surface area contributed by atoms with Crippen molar-refractivity contribution in [1.29, 1.82) is 5.26 Å². The van der Waals surface area contributed by atoms with Crippen LogP contribution in [0.3, 0.4) is 0 Å². The van der Waals surface area contributed by atoms with Gasteiger partial charge in [-0.3, -0.25) is 9.69 Å². The number of cyclic esters (lactones) is 1. The first-order chi connectivity index (χ1) is 15.6. The van der Waals surface area contributed by atoms with Crippen molar-refractivity contribution in [2.75, 3.05) is 32.7 Å². The third-order valence-corrected chi connectivity index (χ3v) is 7.06. The molecule has 5 rings (SSSR count). The minimum Gasteiger partial charge on any atom is -0.457 e. The average molecular weight is 430 g/mol. The molecule has 2 aliphatic heterocycles. The summed E-state index contributed by atoms with van der Waals surface area (Å²) in [4.78, 5) is 28.9. The zero-order valence-electron chi connectivity index (χ0n) is 18.2. The summed E-state index contributed by atoms with van der Waals surface area (Å²) in [5.41, 5.74) is 5.82. The Bertz CT molecular complexity index is 1100. The van der Waals surface area contributed by atoms with E-state index in [4.69, 9.17) is 4.74 Å². The van der Waals surface area contributed by atoms with Gasteiger partial charge in [-0.1, -0.05) is 24.3 Å². The topological polar surface area (TPSA) is 73.6 Å². The van der Waals surface area contributed by atoms with Crippen molar-refractivity contribution < 1.29 is 14.3 Å². The zero-order valence-corrected chi connectivity index (χ0v) is 18.2. The normalized spacial score (nSPS) is 20.3. The Morgan fingerprint density at radius 3 is 2.81 bits per heavy atom. The van der Waals surface area contributed by atoms with E-state index < -0.39 is 0 Å². The van der Waals surface area contributed by atoms with Gasteiger partial charge in [0.15, 0.2) is 0 Å². The van der Waals surface area contributed by atoms with E-state index in [2.05, 4.69) is 17.0 Å². The molecule has 164 valence electrons. The lowest BCUT2D eigenvalue weighted by molar-refractivity contribution is -0.132. The number of nitrogens with zero attached hydrogens (tertiary/aromatic N) is 3. The summed E-state index contributed by atoms with van der Waals surface area (Å²) >= 11 is 0. The van der Waals surface area contributed by atoms with Gasteiger partial charge in [0.2, 0.25) is 5.91 Å². The Hall–Kier alpha value is -3.17. The van der Waals surface area contributed by atoms with E-state index in [1.54, 1.807) is 6.07 Å². The van der Waals surface area contributed by atoms with Crippen LogP contribution < -0.4 is 0 Å². The van der Waals surface area contributed by atoms with Crippen LogP contribution in [-0.2, 0) is 29.0 Å². The SMILES string of the molecule is N#Cc1cccc2c1CCCC2CN1CCN(C(=O)Cc2ccc3c(c2)COC3=O)CC1. The number of carbonyl (C=O) groups excluding carboxylic acids is 2. The number of rotatable bonds is 4. The van der Waals surface area contributed by atoms with Crippen LogP contribution in [0.25, 0.3) is 0 Å². The fourth-order valence-corrected chi connectivity index (χ4v) is 5.32. The highest BCUT2D eigenvalue weighted by Crippen LogP contribution is 2.34. The lowest BCUT2D eigenvalue weighted by Crippen LogP contribution is -2.50. The predicted molar refractivity (Wildman–Crippen MR) is 119 cm³/mol. The van der Waals surface area contributed by atoms with E-state index in [-0.39, 0.29) is 11.9 Å². The van der Waals surface area contributed by atoms with Crippen LogP contribution >= 0.6 is 0 Å². The monoisotopic (exact) mass is 429 g/mol. The van der Waals surface area contributed by atoms with E-state index in [0.717, 1.165) is 68.7 Å². The number of benzene rings is 2. The van der Waals surface area contributed by atoms with Gasteiger partial charge in [0.25, 0.3) is 0 Å². The summed E-state index contributed by atoms with van der Waals surface area (Å²) in [6, 6.07) is 14.0. The summed E-state index contributed by atoms with van der Waals surface area (Å²) < 4.78 is 5.05. The number of nitriles is 1. The molecule has 0 aromatic heterocycles. The number of carbonyl (C=O) groups is 2. The smallest absolute Gasteiger partial charge is 0.338 e. The standard InChI is InChI=1S/C26H27N3O3/c27-15-19-3-1-6-23-20(4-2-5-22(19)23)16-28-9-11-29(12-10-28)25(30)14-18-7-8-24-21(13-18)17-32-26(24)31/h1,3,6-8,13,20H,2,4-5,9-12,14,16-17H2. The average Bonchev–Trinajstić information content (AvgIpc) is 3.19. The van der Waals surface area contributed by atoms with E-state index in [9.17, 15) is 14.9 Å². The van der Waals surface area contributed by atoms with Crippen LogP contribution in [-0.4, -0.2) is 54.4 Å². The van der Waals surface area contributed by atoms with Gasteiger partial charge >= 0.3 is 5.97 Å². The summed E-state index contributed by atoms with van der Waals surface area (Å²) in [5, 5.41) is 9.43. The molecule has 6 nitrogen and oxygen atoms in total. The van der Waals surface area contributed by atoms with E-state index in [1.807, 2.05) is 29.2 Å². The van der Waals surface area contributed by atoms with Gasteiger partial charge in [-0.15, -0.1) is 0 Å². The second kappa shape index (κ2) is 8.76. The molecule has 32 heavy (non-hydrogen) atoms. The van der Waals surface area contributed by atoms with Crippen molar-refractivity contribution in [3.8, 4) is 6.07 Å². The van der Waals surface area contributed by atoms with Gasteiger partial charge in [0.05, 0.1) is 23.6 Å². The lowest BCUT2D eigenvalue weighted by Gasteiger charge is -2.38. The summed E-state index contributed by atoms with van der Waals surface area (Å²) in [6.45, 7) is 4.52. The summed E-state index contributed by atoms with van der Waals surface area (Å²) in [5.74, 6) is 0.320. The second-order valence-electron chi connectivity index (χ2n) is 9.00. The number of hydrogen-bond donors (Lipinski definition) is 0. The zero-order chi connectivity index (χ0) is 22.1. The van der Waals surface area contributed by atoms with Gasteiger partial charge in [0.1, 0.15) is 6.61 Å². The number of hydrogen-bond acceptors (Lipinski definition) is 5. The van der Waals surface area contributed by atoms with E-state index in [0.29, 0.717) is 24.5 Å². The van der Waals surface area contributed by atoms with Crippen molar-refractivity contribution in [3.05, 3.63) is 69.8 Å². The second-order valence-corrected chi connectivity index (χ2v) is 9.00. The molecule has 0 spiro atoms. The largest absolute Gasteiger partial charge is 0.457 e. The molecule has 2 aromatic carbocycles. The molecule has 6 heteroatoms. The first-order valence-corrected chi connectivity index (χ1v) is 11.4. The third kappa shape index (κ3) is 4.01. The molecule has 1 unspecified atom stereocenters. The Morgan fingerprint density at radius 1 is 1.16 bits per heavy atom. The van der Waals surface area contributed by atoms with Crippen LogP contribution in [0, 0.1) is 11.3 Å². The van der Waals surface area contributed by atoms with Gasteiger partial charge in [-0.25, -0.2) is 4.79 Å². The van der Waals surface area contributed by atoms with Crippen molar-refractivity contribution in [3.63, 3.8) is 0 Å². The maximum Gasteiger partial charge on any atom is 0.338 e. The van der Waals surface area contributed by atoms with Crippen molar-refractivity contribution in [2.45, 2.75) is 38.2 Å². The maximum atomic E-state index is 12.8. The highest BCUT2D eigenvalue weighted by atomic mass is 16.5. The molecule has 0 bridgehead atoms. The van der Waals surface area contributed by atoms with Crippen molar-refractivity contribution in [2.24, 2.45) is 0 Å². The molecule has 2 aromatic rings. The van der Waals surface area contributed by atoms with Crippen LogP contribution in [0.15, 0.2) is 36.4 Å². The van der Waals surface area contributed by atoms with Gasteiger partial charge in [-0.05, 0) is 54.0 Å². The fourth-order valence-electron chi connectivity index (χ4n) is 5.32. The minimum absolute atomic E-state index is 0.136. The number of ether oxygens (including phenoxy) is 1. The fraction of sp³-hybridized carbons (Fsp3) is 0.423. The highest BCUT2D eigenvalue weighted by Gasteiger charge is 2.28. The molecule has 0 saturated carbocycles. The van der Waals surface area contributed by atoms with Crippen molar-refractivity contribution >= 4 is 11.9 Å². The van der Waals surface area contributed by atoms with Gasteiger partial charge < -0.3 is 9.64 Å². The molecule has 0 radical (unpaired) electrons. The summed E-state index contributed by atoms with van der Waals surface area (Å²) in [6.07, 6.45) is 3.65. The van der Waals surface area contributed by atoms with Crippen LogP contribution in [0.4, 0.5) is 0 Å². The van der Waals surface area contributed by atoms with Crippen LogP contribution in [0.5, 0.6) is 0 Å². The molecule has 3 aliphatic rings. The summed E-state index contributed by atoms with van der Waals surface area (Å²) in [7, 11) is 0. The molecule has 2 heterocycles. The maximum absolute atomic E-state index is 12.8. The van der Waals surface area contributed by atoms with Crippen molar-refractivity contribution in [1.82, 2.24) is 9.80 Å². The Morgan fingerprint density at radius 2 is 2.00 bits per heavy atom. The van der Waals surface area contributed by atoms with Crippen LogP contribution in [0.2, 0.25) is 0 Å². The predicted octanol–water partition coefficient (Wildman–Crippen LogP) is 3.04. The molecule has 1 saturated heterocycles. The first-order valence-electron chi connectivity index (χ1n) is 11.4. The molecule has 1 fully saturated rings. The molecule has 1 atom stereocenters. The number of esters is 1. The Labute approximate surface area is 188 Å². The lowest BCUT2D eigenvalue weighted by atomic mass is 9.80. The number of fused-ring (bicyclic) bond motifs is 2. The van der Waals surface area contributed by atoms with E-state index in [1.165, 1.54) is 11.1 Å². The third-order valence-electron chi connectivity index (χ3n) is 7.06. The highest BCUT2D eigenvalue weighted by molar-refractivity contribution is 5.93. The Kier molecular flexibility index (Phi) is 5.67. The Balaban J connectivity index is 1.16. The van der Waals surface area contributed by atoms with Gasteiger partial charge in [0, 0.05) is 38.3 Å². The molecular weight excluding hydrogens is 402 g/mol. The molecule has 0 N–H and O–H groups in total. The minimum atomic E-state index is -0.279. The molecule has 1 amide bonds. The number of piperazine rings is 1. The first kappa shape index (κ1) is 20.7. The van der Waals surface area contributed by atoms with E-state index >= 15 is 0 Å². The van der Waals surface area contributed by atoms with Gasteiger partial charge in [-0.2, -0.15) is 5.26 Å². The molecular formula is C26H27N3O3. The van der Waals surface area contributed by atoms with Crippen LogP contribution in [0.1, 0.15) is 56.9 Å². The quantitative estimate of drug-likeness (QED) is 0.699. The number of amides is 1. The molecule has 1 aliphatic carbocycles.